The van der Waals surface area contributed by atoms with Crippen LogP contribution in [0.3, 0.4) is 0 Å². The number of nitro groups is 1. The fraction of sp³-hybridized carbons (Fsp3) is 0.391. The lowest BCUT2D eigenvalue weighted by Gasteiger charge is -2.37. The van der Waals surface area contributed by atoms with Crippen molar-refractivity contribution in [3.05, 3.63) is 62.7 Å². The number of carbonyl (C=O) groups excluding carboxylic acids is 1. The fourth-order valence-corrected chi connectivity index (χ4v) is 4.53. The Morgan fingerprint density at radius 1 is 1.06 bits per heavy atom. The number of rotatable bonds is 4. The summed E-state index contributed by atoms with van der Waals surface area (Å²) < 4.78 is 5.39. The number of hydrogen-bond donors (Lipinski definition) is 1. The van der Waals surface area contributed by atoms with Crippen LogP contribution in [0.4, 0.5) is 17.1 Å². The van der Waals surface area contributed by atoms with E-state index in [1.54, 1.807) is 30.3 Å². The van der Waals surface area contributed by atoms with Gasteiger partial charge in [0.05, 0.1) is 18.1 Å². The molecule has 0 aromatic heterocycles. The van der Waals surface area contributed by atoms with Crippen molar-refractivity contribution in [1.29, 1.82) is 0 Å². The Labute approximate surface area is 208 Å². The van der Waals surface area contributed by atoms with Gasteiger partial charge in [-0.1, -0.05) is 17.7 Å². The summed E-state index contributed by atoms with van der Waals surface area (Å²) in [5, 5.41) is 15.3. The van der Waals surface area contributed by atoms with Crippen LogP contribution in [-0.4, -0.2) is 73.3 Å². The zero-order valence-electron chi connectivity index (χ0n) is 18.8. The minimum Gasteiger partial charge on any atom is -0.378 e. The van der Waals surface area contributed by atoms with Crippen LogP contribution in [0.2, 0.25) is 5.02 Å². The molecule has 1 N–H and O–H groups in total. The third-order valence-electron chi connectivity index (χ3n) is 6.09. The van der Waals surface area contributed by atoms with E-state index in [0.29, 0.717) is 73.9 Å². The van der Waals surface area contributed by atoms with Crippen LogP contribution in [-0.2, 0) is 4.74 Å². The highest BCUT2D eigenvalue weighted by molar-refractivity contribution is 7.80. The Morgan fingerprint density at radius 2 is 1.76 bits per heavy atom. The third-order valence-corrected chi connectivity index (χ3v) is 6.86. The first-order chi connectivity index (χ1) is 16.3. The van der Waals surface area contributed by atoms with Crippen LogP contribution >= 0.6 is 23.8 Å². The van der Waals surface area contributed by atoms with E-state index >= 15 is 0 Å². The molecule has 2 saturated heterocycles. The molecule has 0 saturated carbocycles. The monoisotopic (exact) mass is 503 g/mol. The van der Waals surface area contributed by atoms with Gasteiger partial charge >= 0.3 is 0 Å². The lowest BCUT2D eigenvalue weighted by Crippen LogP contribution is -2.52. The number of hydrogen-bond acceptors (Lipinski definition) is 7. The van der Waals surface area contributed by atoms with Crippen LogP contribution in [0.5, 0.6) is 0 Å². The molecule has 34 heavy (non-hydrogen) atoms. The second-order valence-electron chi connectivity index (χ2n) is 8.23. The first-order valence-corrected chi connectivity index (χ1v) is 11.8. The van der Waals surface area contributed by atoms with Crippen LogP contribution in [0, 0.1) is 17.0 Å². The highest BCUT2D eigenvalue weighted by Crippen LogP contribution is 2.33. The average molecular weight is 504 g/mol. The number of piperazine rings is 1. The standard InChI is InChI=1S/C23H26ClN5O4S/c1-16-2-3-17(14-19(16)24)22(30)25-23(34)28-8-6-26(7-9-28)18-4-5-20(29(31)32)21(15-18)27-10-12-33-13-11-27/h2-5,14-15H,6-13H2,1H3,(H,25,30,34). The van der Waals surface area contributed by atoms with E-state index in [9.17, 15) is 14.9 Å². The van der Waals surface area contributed by atoms with E-state index in [-0.39, 0.29) is 16.5 Å². The number of aryl methyl sites for hydroxylation is 1. The Kier molecular flexibility index (Phi) is 7.50. The molecule has 2 aliphatic heterocycles. The zero-order chi connectivity index (χ0) is 24.2. The van der Waals surface area contributed by atoms with Crippen molar-refractivity contribution < 1.29 is 14.5 Å². The van der Waals surface area contributed by atoms with Crippen molar-refractivity contribution in [2.45, 2.75) is 6.92 Å². The van der Waals surface area contributed by atoms with Crippen LogP contribution in [0.25, 0.3) is 0 Å². The van der Waals surface area contributed by atoms with Gasteiger partial charge in [-0.2, -0.15) is 0 Å². The molecule has 0 atom stereocenters. The van der Waals surface area contributed by atoms with Crippen molar-refractivity contribution in [3.63, 3.8) is 0 Å². The predicted octanol–water partition coefficient (Wildman–Crippen LogP) is 3.23. The van der Waals surface area contributed by atoms with Gasteiger partial charge in [-0.05, 0) is 49.0 Å². The molecule has 1 amide bonds. The number of morpholine rings is 1. The van der Waals surface area contributed by atoms with Crippen molar-refractivity contribution in [2.75, 3.05) is 62.3 Å². The summed E-state index contributed by atoms with van der Waals surface area (Å²) in [6, 6.07) is 10.4. The van der Waals surface area contributed by atoms with Gasteiger partial charge in [0.15, 0.2) is 5.11 Å². The van der Waals surface area contributed by atoms with E-state index < -0.39 is 0 Å². The molecule has 2 aromatic carbocycles. The van der Waals surface area contributed by atoms with Gasteiger partial charge in [-0.3, -0.25) is 20.2 Å². The molecule has 2 heterocycles. The van der Waals surface area contributed by atoms with E-state index in [0.717, 1.165) is 11.3 Å². The predicted molar refractivity (Wildman–Crippen MR) is 136 cm³/mol. The molecule has 0 bridgehead atoms. The SMILES string of the molecule is Cc1ccc(C(=O)NC(=S)N2CCN(c3ccc([N+](=O)[O-])c(N4CCOCC4)c3)CC2)cc1Cl. The number of nitrogens with zero attached hydrogens (tertiary/aromatic N) is 4. The molecule has 0 spiro atoms. The van der Waals surface area contributed by atoms with Gasteiger partial charge in [-0.25, -0.2) is 0 Å². The number of nitro benzene ring substituents is 1. The number of ether oxygens (including phenoxy) is 1. The van der Waals surface area contributed by atoms with Crippen LogP contribution in [0.15, 0.2) is 36.4 Å². The number of anilines is 2. The van der Waals surface area contributed by atoms with Crippen molar-refractivity contribution in [3.8, 4) is 0 Å². The summed E-state index contributed by atoms with van der Waals surface area (Å²) in [6.07, 6.45) is 0. The number of amides is 1. The van der Waals surface area contributed by atoms with Gasteiger partial charge in [0, 0.05) is 61.6 Å². The van der Waals surface area contributed by atoms with Gasteiger partial charge in [0.1, 0.15) is 5.69 Å². The molecule has 0 radical (unpaired) electrons. The molecular formula is C23H26ClN5O4S. The second kappa shape index (κ2) is 10.5. The molecule has 0 aliphatic carbocycles. The highest BCUT2D eigenvalue weighted by atomic mass is 35.5. The first kappa shape index (κ1) is 24.2. The Balaban J connectivity index is 1.39. The molecule has 0 unspecified atom stereocenters. The molecule has 9 nitrogen and oxygen atoms in total. The van der Waals surface area contributed by atoms with E-state index in [2.05, 4.69) is 10.2 Å². The fourth-order valence-electron chi connectivity index (χ4n) is 4.07. The van der Waals surface area contributed by atoms with Gasteiger partial charge in [0.2, 0.25) is 0 Å². The van der Waals surface area contributed by atoms with Gasteiger partial charge < -0.3 is 19.4 Å². The lowest BCUT2D eigenvalue weighted by atomic mass is 10.1. The van der Waals surface area contributed by atoms with Crippen LogP contribution in [0.1, 0.15) is 15.9 Å². The highest BCUT2D eigenvalue weighted by Gasteiger charge is 2.25. The number of benzene rings is 2. The topological polar surface area (TPSA) is 91.2 Å². The minimum atomic E-state index is -0.338. The molecular weight excluding hydrogens is 478 g/mol. The van der Waals surface area contributed by atoms with Crippen molar-refractivity contribution >= 4 is 51.9 Å². The van der Waals surface area contributed by atoms with Crippen molar-refractivity contribution in [1.82, 2.24) is 10.2 Å². The van der Waals surface area contributed by atoms with E-state index in [1.165, 1.54) is 0 Å². The maximum absolute atomic E-state index is 12.6. The summed E-state index contributed by atoms with van der Waals surface area (Å²) in [7, 11) is 0. The van der Waals surface area contributed by atoms with E-state index in [1.807, 2.05) is 22.8 Å². The lowest BCUT2D eigenvalue weighted by molar-refractivity contribution is -0.384. The average Bonchev–Trinajstić information content (AvgIpc) is 2.85. The van der Waals surface area contributed by atoms with E-state index in [4.69, 9.17) is 28.6 Å². The molecule has 180 valence electrons. The number of halogens is 1. The normalized spacial score (nSPS) is 16.4. The summed E-state index contributed by atoms with van der Waals surface area (Å²) in [5.41, 5.74) is 3.01. The number of thiocarbonyl (C=S) groups is 1. The van der Waals surface area contributed by atoms with Crippen molar-refractivity contribution in [2.24, 2.45) is 0 Å². The first-order valence-electron chi connectivity index (χ1n) is 11.1. The quantitative estimate of drug-likeness (QED) is 0.386. The second-order valence-corrected chi connectivity index (χ2v) is 9.02. The summed E-state index contributed by atoms with van der Waals surface area (Å²) >= 11 is 11.6. The summed E-state index contributed by atoms with van der Waals surface area (Å²) in [6.45, 7) is 6.82. The molecule has 2 aliphatic rings. The molecule has 4 rings (SSSR count). The zero-order valence-corrected chi connectivity index (χ0v) is 20.4. The minimum absolute atomic E-state index is 0.101. The molecule has 2 fully saturated rings. The Bertz CT molecular complexity index is 1100. The van der Waals surface area contributed by atoms with Crippen LogP contribution < -0.4 is 15.1 Å². The number of carbonyl (C=O) groups is 1. The summed E-state index contributed by atoms with van der Waals surface area (Å²) in [5.74, 6) is -0.292. The third kappa shape index (κ3) is 5.40. The smallest absolute Gasteiger partial charge is 0.292 e. The number of nitrogens with one attached hydrogen (secondary N) is 1. The Morgan fingerprint density at radius 3 is 2.41 bits per heavy atom. The largest absolute Gasteiger partial charge is 0.378 e. The Hall–Kier alpha value is -2.95. The maximum Gasteiger partial charge on any atom is 0.292 e. The molecule has 11 heteroatoms. The van der Waals surface area contributed by atoms with Gasteiger partial charge in [0.25, 0.3) is 11.6 Å². The molecule has 2 aromatic rings. The summed E-state index contributed by atoms with van der Waals surface area (Å²) in [4.78, 5) is 29.9. The maximum atomic E-state index is 12.6. The van der Waals surface area contributed by atoms with Gasteiger partial charge in [-0.15, -0.1) is 0 Å².